The number of halogens is 1. The molecule has 0 aliphatic rings. The van der Waals surface area contributed by atoms with E-state index in [1.165, 1.54) is 0 Å². The third kappa shape index (κ3) is 2.10. The van der Waals surface area contributed by atoms with Gasteiger partial charge in [-0.1, -0.05) is 11.6 Å². The number of ketones is 1. The Balaban J connectivity index is 2.06. The number of hydrogen-bond donors (Lipinski definition) is 0. The van der Waals surface area contributed by atoms with Crippen molar-refractivity contribution in [2.75, 3.05) is 0 Å². The van der Waals surface area contributed by atoms with Gasteiger partial charge in [0, 0.05) is 16.3 Å². The number of fused-ring (bicyclic) bond motifs is 1. The van der Waals surface area contributed by atoms with E-state index in [2.05, 4.69) is 22.6 Å². The summed E-state index contributed by atoms with van der Waals surface area (Å²) in [7, 11) is 0. The van der Waals surface area contributed by atoms with Gasteiger partial charge in [-0.15, -0.1) is 11.3 Å². The Morgan fingerprint density at radius 2 is 2.11 bits per heavy atom. The van der Waals surface area contributed by atoms with E-state index < -0.39 is 0 Å². The Kier molecular flexibility index (Phi) is 2.99. The van der Waals surface area contributed by atoms with Crippen molar-refractivity contribution in [1.29, 1.82) is 0 Å². The Morgan fingerprint density at radius 3 is 2.83 bits per heavy atom. The molecular weight excluding hydrogens is 359 g/mol. The summed E-state index contributed by atoms with van der Waals surface area (Å²) in [5.41, 5.74) is 2.61. The van der Waals surface area contributed by atoms with Crippen molar-refractivity contribution in [3.8, 4) is 0 Å². The fourth-order valence-corrected chi connectivity index (χ4v) is 3.17. The minimum Gasteiger partial charge on any atom is -0.453 e. The van der Waals surface area contributed by atoms with Gasteiger partial charge in [0.15, 0.2) is 5.76 Å². The molecule has 3 aromatic rings. The topological polar surface area (TPSA) is 30.2 Å². The second-order valence-corrected chi connectivity index (χ2v) is 6.93. The lowest BCUT2D eigenvalue weighted by Gasteiger charge is -1.91. The van der Waals surface area contributed by atoms with Crippen molar-refractivity contribution in [3.63, 3.8) is 0 Å². The molecule has 90 valence electrons. The molecular formula is C14H9IO2S. The van der Waals surface area contributed by atoms with Gasteiger partial charge >= 0.3 is 0 Å². The first-order valence-electron chi connectivity index (χ1n) is 5.42. The highest BCUT2D eigenvalue weighted by atomic mass is 127. The monoisotopic (exact) mass is 368 g/mol. The molecule has 0 fully saturated rings. The zero-order chi connectivity index (χ0) is 12.7. The number of carbonyl (C=O) groups excluding carboxylic acids is 1. The molecule has 0 spiro atoms. The van der Waals surface area contributed by atoms with Crippen LogP contribution in [0.2, 0.25) is 0 Å². The van der Waals surface area contributed by atoms with E-state index in [9.17, 15) is 4.79 Å². The van der Waals surface area contributed by atoms with Gasteiger partial charge in [0.1, 0.15) is 5.58 Å². The quantitative estimate of drug-likeness (QED) is 0.487. The smallest absolute Gasteiger partial charge is 0.229 e. The summed E-state index contributed by atoms with van der Waals surface area (Å²) in [5.74, 6) is 0.354. The van der Waals surface area contributed by atoms with E-state index in [-0.39, 0.29) is 5.78 Å². The van der Waals surface area contributed by atoms with Crippen LogP contribution >= 0.6 is 33.9 Å². The minimum absolute atomic E-state index is 0.0528. The molecule has 0 N–H and O–H groups in total. The standard InChI is InChI=1S/C14H9IO2S/c1-8-2-3-11-9(4-8)5-12(17-11)14(16)10-6-13(15)18-7-10/h2-7H,1H3. The Morgan fingerprint density at radius 1 is 1.28 bits per heavy atom. The molecule has 0 saturated carbocycles. The third-order valence-electron chi connectivity index (χ3n) is 2.73. The van der Waals surface area contributed by atoms with Gasteiger partial charge < -0.3 is 4.42 Å². The van der Waals surface area contributed by atoms with Crippen LogP contribution < -0.4 is 0 Å². The average Bonchev–Trinajstić information content (AvgIpc) is 2.93. The number of furan rings is 1. The van der Waals surface area contributed by atoms with E-state index in [4.69, 9.17) is 4.42 Å². The highest BCUT2D eigenvalue weighted by Gasteiger charge is 2.15. The minimum atomic E-state index is -0.0528. The molecule has 0 saturated heterocycles. The summed E-state index contributed by atoms with van der Waals surface area (Å²) in [6.45, 7) is 2.02. The number of aryl methyl sites for hydroxylation is 1. The maximum Gasteiger partial charge on any atom is 0.229 e. The number of carbonyl (C=O) groups is 1. The van der Waals surface area contributed by atoms with Crippen molar-refractivity contribution < 1.29 is 9.21 Å². The Hall–Kier alpha value is -1.14. The SMILES string of the molecule is Cc1ccc2oc(C(=O)c3csc(I)c3)cc2c1. The van der Waals surface area contributed by atoms with E-state index >= 15 is 0 Å². The predicted molar refractivity (Wildman–Crippen MR) is 81.4 cm³/mol. The number of benzene rings is 1. The molecule has 0 aliphatic heterocycles. The molecule has 18 heavy (non-hydrogen) atoms. The molecule has 0 radical (unpaired) electrons. The van der Waals surface area contributed by atoms with Crippen LogP contribution in [-0.2, 0) is 0 Å². The lowest BCUT2D eigenvalue weighted by molar-refractivity contribution is 0.101. The van der Waals surface area contributed by atoms with Gasteiger partial charge in [-0.05, 0) is 53.8 Å². The van der Waals surface area contributed by atoms with Crippen LogP contribution in [0.5, 0.6) is 0 Å². The van der Waals surface area contributed by atoms with Crippen LogP contribution in [0.15, 0.2) is 40.1 Å². The van der Waals surface area contributed by atoms with E-state index in [1.54, 1.807) is 11.3 Å². The van der Waals surface area contributed by atoms with Crippen LogP contribution in [0.3, 0.4) is 0 Å². The fourth-order valence-electron chi connectivity index (χ4n) is 1.85. The molecule has 0 atom stereocenters. The van der Waals surface area contributed by atoms with E-state index in [0.717, 1.165) is 19.4 Å². The summed E-state index contributed by atoms with van der Waals surface area (Å²) in [6.07, 6.45) is 0. The van der Waals surface area contributed by atoms with Crippen LogP contribution in [-0.4, -0.2) is 5.78 Å². The zero-order valence-electron chi connectivity index (χ0n) is 9.57. The molecule has 4 heteroatoms. The van der Waals surface area contributed by atoms with Gasteiger partial charge in [0.05, 0.1) is 2.88 Å². The highest BCUT2D eigenvalue weighted by Crippen LogP contribution is 2.24. The maximum atomic E-state index is 12.2. The second kappa shape index (κ2) is 4.51. The molecule has 1 aromatic carbocycles. The summed E-state index contributed by atoms with van der Waals surface area (Å²) in [4.78, 5) is 12.2. The second-order valence-electron chi connectivity index (χ2n) is 4.12. The van der Waals surface area contributed by atoms with Gasteiger partial charge in [-0.3, -0.25) is 4.79 Å². The Bertz CT molecular complexity index is 739. The number of hydrogen-bond acceptors (Lipinski definition) is 3. The number of rotatable bonds is 2. The summed E-state index contributed by atoms with van der Waals surface area (Å²) in [5, 5.41) is 2.84. The van der Waals surface area contributed by atoms with Crippen molar-refractivity contribution in [3.05, 3.63) is 55.5 Å². The van der Waals surface area contributed by atoms with Gasteiger partial charge in [0.25, 0.3) is 0 Å². The molecule has 0 amide bonds. The average molecular weight is 368 g/mol. The lowest BCUT2D eigenvalue weighted by Crippen LogP contribution is -1.96. The van der Waals surface area contributed by atoms with Crippen LogP contribution in [0.4, 0.5) is 0 Å². The van der Waals surface area contributed by atoms with Crippen LogP contribution in [0.25, 0.3) is 11.0 Å². The highest BCUT2D eigenvalue weighted by molar-refractivity contribution is 14.1. The van der Waals surface area contributed by atoms with Crippen molar-refractivity contribution in [2.24, 2.45) is 0 Å². The summed E-state index contributed by atoms with van der Waals surface area (Å²) < 4.78 is 6.70. The zero-order valence-corrected chi connectivity index (χ0v) is 12.5. The van der Waals surface area contributed by atoms with E-state index in [0.29, 0.717) is 11.3 Å². The Labute approximate surface area is 122 Å². The van der Waals surface area contributed by atoms with Gasteiger partial charge in [-0.2, -0.15) is 0 Å². The lowest BCUT2D eigenvalue weighted by atomic mass is 10.1. The first-order valence-corrected chi connectivity index (χ1v) is 7.38. The molecule has 3 rings (SSSR count). The number of thiophene rings is 1. The maximum absolute atomic E-state index is 12.2. The summed E-state index contributed by atoms with van der Waals surface area (Å²) in [6, 6.07) is 9.60. The first-order chi connectivity index (χ1) is 8.63. The van der Waals surface area contributed by atoms with Crippen LogP contribution in [0.1, 0.15) is 21.7 Å². The van der Waals surface area contributed by atoms with Gasteiger partial charge in [0.2, 0.25) is 5.78 Å². The van der Waals surface area contributed by atoms with E-state index in [1.807, 2.05) is 42.6 Å². The molecule has 0 aliphatic carbocycles. The molecule has 2 aromatic heterocycles. The molecule has 0 bridgehead atoms. The van der Waals surface area contributed by atoms with Gasteiger partial charge in [-0.25, -0.2) is 0 Å². The summed E-state index contributed by atoms with van der Waals surface area (Å²) >= 11 is 3.77. The molecule has 2 nitrogen and oxygen atoms in total. The molecule has 2 heterocycles. The van der Waals surface area contributed by atoms with Crippen molar-refractivity contribution in [2.45, 2.75) is 6.92 Å². The largest absolute Gasteiger partial charge is 0.453 e. The van der Waals surface area contributed by atoms with Crippen molar-refractivity contribution >= 4 is 50.7 Å². The normalized spacial score (nSPS) is 11.0. The fraction of sp³-hybridized carbons (Fsp3) is 0.0714. The van der Waals surface area contributed by atoms with Crippen molar-refractivity contribution in [1.82, 2.24) is 0 Å². The predicted octanol–water partition coefficient (Wildman–Crippen LogP) is 4.64. The first kappa shape index (κ1) is 11.9. The molecule has 0 unspecified atom stereocenters. The third-order valence-corrected chi connectivity index (χ3v) is 4.51. The van der Waals surface area contributed by atoms with Crippen LogP contribution in [0, 0.1) is 9.81 Å².